The van der Waals surface area contributed by atoms with E-state index >= 15 is 0 Å². The highest BCUT2D eigenvalue weighted by Gasteiger charge is 2.30. The summed E-state index contributed by atoms with van der Waals surface area (Å²) in [6.07, 6.45) is -0.262. The molecule has 0 radical (unpaired) electrons. The summed E-state index contributed by atoms with van der Waals surface area (Å²) in [5.74, 6) is 0. The Morgan fingerprint density at radius 3 is 2.59 bits per heavy atom. The van der Waals surface area contributed by atoms with Crippen molar-refractivity contribution in [3.63, 3.8) is 0 Å². The van der Waals surface area contributed by atoms with E-state index in [4.69, 9.17) is 22.1 Å². The molecule has 1 unspecified atom stereocenters. The highest BCUT2D eigenvalue weighted by molar-refractivity contribution is 6.33. The summed E-state index contributed by atoms with van der Waals surface area (Å²) in [7, 11) is 0. The lowest BCUT2D eigenvalue weighted by atomic mass is 10.1. The van der Waals surface area contributed by atoms with Gasteiger partial charge in [-0.25, -0.2) is 4.79 Å². The minimum absolute atomic E-state index is 0.155. The largest absolute Gasteiger partial charge is 0.444 e. The van der Waals surface area contributed by atoms with Gasteiger partial charge in [-0.3, -0.25) is 0 Å². The van der Waals surface area contributed by atoms with Crippen LogP contribution >= 0.6 is 11.6 Å². The monoisotopic (exact) mass is 325 g/mol. The number of rotatable bonds is 1. The number of benzene rings is 1. The molecule has 1 aliphatic rings. The van der Waals surface area contributed by atoms with E-state index in [-0.39, 0.29) is 12.1 Å². The second-order valence-corrected chi connectivity index (χ2v) is 7.09. The first-order valence-corrected chi connectivity index (χ1v) is 7.85. The van der Waals surface area contributed by atoms with Crippen molar-refractivity contribution in [2.75, 3.05) is 30.3 Å². The van der Waals surface area contributed by atoms with Crippen molar-refractivity contribution < 1.29 is 9.53 Å². The summed E-state index contributed by atoms with van der Waals surface area (Å²) in [5, 5.41) is 0.637. The second kappa shape index (κ2) is 6.24. The molecule has 6 heteroatoms. The van der Waals surface area contributed by atoms with E-state index in [1.165, 1.54) is 0 Å². The van der Waals surface area contributed by atoms with E-state index < -0.39 is 5.60 Å². The van der Waals surface area contributed by atoms with Crippen LogP contribution in [0.15, 0.2) is 18.2 Å². The van der Waals surface area contributed by atoms with E-state index in [1.54, 1.807) is 11.0 Å². The number of anilines is 2. The van der Waals surface area contributed by atoms with Crippen molar-refractivity contribution >= 4 is 29.1 Å². The third-order valence-corrected chi connectivity index (χ3v) is 3.86. The molecule has 1 aromatic carbocycles. The van der Waals surface area contributed by atoms with E-state index in [2.05, 4.69) is 11.8 Å². The Hall–Kier alpha value is -1.62. The molecule has 1 aliphatic heterocycles. The van der Waals surface area contributed by atoms with Crippen LogP contribution in [0, 0.1) is 0 Å². The van der Waals surface area contributed by atoms with Gasteiger partial charge in [0.1, 0.15) is 5.60 Å². The Balaban J connectivity index is 2.05. The summed E-state index contributed by atoms with van der Waals surface area (Å²) < 4.78 is 5.43. The van der Waals surface area contributed by atoms with Gasteiger partial charge < -0.3 is 20.3 Å². The van der Waals surface area contributed by atoms with E-state index in [9.17, 15) is 4.79 Å². The summed E-state index contributed by atoms with van der Waals surface area (Å²) >= 11 is 6.29. The fraction of sp³-hybridized carbons (Fsp3) is 0.562. The molecule has 0 spiro atoms. The average Bonchev–Trinajstić information content (AvgIpc) is 2.37. The lowest BCUT2D eigenvalue weighted by molar-refractivity contribution is 0.0219. The predicted molar refractivity (Wildman–Crippen MR) is 90.5 cm³/mol. The average molecular weight is 326 g/mol. The van der Waals surface area contributed by atoms with Gasteiger partial charge >= 0.3 is 6.09 Å². The van der Waals surface area contributed by atoms with Crippen molar-refractivity contribution in [1.82, 2.24) is 4.90 Å². The zero-order valence-electron chi connectivity index (χ0n) is 13.6. The maximum Gasteiger partial charge on any atom is 0.410 e. The molecule has 1 saturated heterocycles. The Morgan fingerprint density at radius 2 is 2.05 bits per heavy atom. The second-order valence-electron chi connectivity index (χ2n) is 6.68. The smallest absolute Gasteiger partial charge is 0.410 e. The molecule has 0 aliphatic carbocycles. The van der Waals surface area contributed by atoms with E-state index in [0.29, 0.717) is 30.3 Å². The molecule has 0 aromatic heterocycles. The number of piperazine rings is 1. The van der Waals surface area contributed by atoms with Crippen LogP contribution in [0.1, 0.15) is 27.7 Å². The molecule has 1 fully saturated rings. The van der Waals surface area contributed by atoms with Crippen molar-refractivity contribution in [3.05, 3.63) is 23.2 Å². The molecule has 122 valence electrons. The predicted octanol–water partition coefficient (Wildman–Crippen LogP) is 3.37. The third kappa shape index (κ3) is 3.97. The van der Waals surface area contributed by atoms with Gasteiger partial charge in [0.15, 0.2) is 0 Å². The molecule has 2 rings (SSSR count). The minimum Gasteiger partial charge on any atom is -0.444 e. The molecule has 2 N–H and O–H groups in total. The summed E-state index contributed by atoms with van der Waals surface area (Å²) in [4.78, 5) is 16.1. The van der Waals surface area contributed by atoms with Crippen LogP contribution in [0.2, 0.25) is 5.02 Å². The van der Waals surface area contributed by atoms with Crippen LogP contribution < -0.4 is 10.6 Å². The van der Waals surface area contributed by atoms with Crippen LogP contribution in [0.25, 0.3) is 0 Å². The van der Waals surface area contributed by atoms with Crippen LogP contribution in [0.3, 0.4) is 0 Å². The van der Waals surface area contributed by atoms with Crippen molar-refractivity contribution in [2.45, 2.75) is 39.3 Å². The molecular weight excluding hydrogens is 302 g/mol. The van der Waals surface area contributed by atoms with E-state index in [1.807, 2.05) is 32.9 Å². The lowest BCUT2D eigenvalue weighted by Gasteiger charge is -2.41. The quantitative estimate of drug-likeness (QED) is 0.804. The Bertz CT molecular complexity index is 557. The maximum absolute atomic E-state index is 12.2. The summed E-state index contributed by atoms with van der Waals surface area (Å²) in [6, 6.07) is 5.68. The molecule has 1 heterocycles. The highest BCUT2D eigenvalue weighted by Crippen LogP contribution is 2.30. The van der Waals surface area contributed by atoms with Gasteiger partial charge in [0.2, 0.25) is 0 Å². The molecule has 1 amide bonds. The zero-order chi connectivity index (χ0) is 16.5. The summed E-state index contributed by atoms with van der Waals surface area (Å²) in [6.45, 7) is 9.62. The first kappa shape index (κ1) is 16.7. The first-order valence-electron chi connectivity index (χ1n) is 7.47. The number of nitrogen functional groups attached to an aromatic ring is 1. The number of ether oxygens (including phenoxy) is 1. The number of amides is 1. The number of carbonyl (C=O) groups excluding carboxylic acids is 1. The molecule has 5 nitrogen and oxygen atoms in total. The zero-order valence-corrected chi connectivity index (χ0v) is 14.4. The van der Waals surface area contributed by atoms with Gasteiger partial charge in [-0.2, -0.15) is 0 Å². The number of nitrogens with zero attached hydrogens (tertiary/aromatic N) is 2. The van der Waals surface area contributed by atoms with Gasteiger partial charge in [-0.1, -0.05) is 11.6 Å². The normalized spacial score (nSPS) is 19.2. The molecule has 22 heavy (non-hydrogen) atoms. The molecule has 0 bridgehead atoms. The van der Waals surface area contributed by atoms with Crippen LogP contribution in [-0.4, -0.2) is 42.3 Å². The molecule has 0 saturated carbocycles. The van der Waals surface area contributed by atoms with Crippen LogP contribution in [-0.2, 0) is 4.74 Å². The Labute approximate surface area is 137 Å². The Morgan fingerprint density at radius 1 is 1.36 bits per heavy atom. The summed E-state index contributed by atoms with van der Waals surface area (Å²) in [5.41, 5.74) is 6.86. The fourth-order valence-electron chi connectivity index (χ4n) is 2.56. The number of carbonyl (C=O) groups is 1. The number of hydrogen-bond acceptors (Lipinski definition) is 4. The minimum atomic E-state index is -0.474. The van der Waals surface area contributed by atoms with Gasteiger partial charge in [0, 0.05) is 31.4 Å². The van der Waals surface area contributed by atoms with Crippen LogP contribution in [0.5, 0.6) is 0 Å². The Kier molecular flexibility index (Phi) is 4.75. The lowest BCUT2D eigenvalue weighted by Crippen LogP contribution is -2.54. The first-order chi connectivity index (χ1) is 10.2. The number of nitrogens with two attached hydrogens (primary N) is 1. The molecule has 1 aromatic rings. The fourth-order valence-corrected chi connectivity index (χ4v) is 2.86. The van der Waals surface area contributed by atoms with E-state index in [0.717, 1.165) is 5.69 Å². The number of hydrogen-bond donors (Lipinski definition) is 1. The third-order valence-electron chi connectivity index (χ3n) is 3.56. The topological polar surface area (TPSA) is 58.8 Å². The number of halogens is 1. The maximum atomic E-state index is 12.2. The highest BCUT2D eigenvalue weighted by atomic mass is 35.5. The van der Waals surface area contributed by atoms with Crippen LogP contribution in [0.4, 0.5) is 16.2 Å². The van der Waals surface area contributed by atoms with Crippen molar-refractivity contribution in [1.29, 1.82) is 0 Å². The van der Waals surface area contributed by atoms with Gasteiger partial charge in [0.05, 0.1) is 10.7 Å². The molecular formula is C16H24ClN3O2. The SMILES string of the molecule is CC1CN(C(=O)OC(C)(C)C)CCN1c1ccc(N)cc1Cl. The van der Waals surface area contributed by atoms with Crippen molar-refractivity contribution in [2.24, 2.45) is 0 Å². The standard InChI is InChI=1S/C16H24ClN3O2/c1-11-10-19(15(21)22-16(2,3)4)7-8-20(11)14-6-5-12(18)9-13(14)17/h5-6,9,11H,7-8,10,18H2,1-4H3. The molecule has 1 atom stereocenters. The van der Waals surface area contributed by atoms with Gasteiger partial charge in [-0.05, 0) is 45.9 Å². The van der Waals surface area contributed by atoms with Crippen molar-refractivity contribution in [3.8, 4) is 0 Å². The van der Waals surface area contributed by atoms with Gasteiger partial charge in [0.25, 0.3) is 0 Å². The van der Waals surface area contributed by atoms with Gasteiger partial charge in [-0.15, -0.1) is 0 Å².